The minimum absolute atomic E-state index is 0.0559. The van der Waals surface area contributed by atoms with Gasteiger partial charge in [-0.3, -0.25) is 19.6 Å². The van der Waals surface area contributed by atoms with Crippen molar-refractivity contribution in [3.05, 3.63) is 62.5 Å². The lowest BCUT2D eigenvalue weighted by Crippen LogP contribution is -2.53. The number of hydrogen-bond acceptors (Lipinski definition) is 10. The Bertz CT molecular complexity index is 1570. The molecular weight excluding hydrogens is 637 g/mol. The molecule has 0 saturated carbocycles. The van der Waals surface area contributed by atoms with E-state index in [1.54, 1.807) is 6.20 Å². The number of rotatable bonds is 9. The molecule has 3 fully saturated rings. The number of carboxylic acids is 1. The third kappa shape index (κ3) is 6.35. The van der Waals surface area contributed by atoms with Gasteiger partial charge in [0, 0.05) is 79.7 Å². The number of esters is 1. The molecule has 6 rings (SSSR count). The third-order valence-corrected chi connectivity index (χ3v) is 10.1. The van der Waals surface area contributed by atoms with Gasteiger partial charge in [0.25, 0.3) is 0 Å². The number of aromatic nitrogens is 1. The average Bonchev–Trinajstić information content (AvgIpc) is 3.76. The van der Waals surface area contributed by atoms with Gasteiger partial charge in [0.2, 0.25) is 0 Å². The second kappa shape index (κ2) is 13.3. The van der Waals surface area contributed by atoms with Crippen LogP contribution in [0, 0.1) is 11.7 Å². The molecule has 4 atom stereocenters. The molecule has 1 aromatic carbocycles. The second-order valence-corrected chi connectivity index (χ2v) is 13.8. The maximum Gasteiger partial charge on any atom is 0.338 e. The summed E-state index contributed by atoms with van der Waals surface area (Å²) in [5, 5.41) is 15.8. The normalized spacial score (nSPS) is 25.6. The minimum Gasteiger partial charge on any atom is -0.480 e. The van der Waals surface area contributed by atoms with Crippen LogP contribution in [0.4, 0.5) is 9.18 Å². The summed E-state index contributed by atoms with van der Waals surface area (Å²) in [4.78, 5) is 56.0. The summed E-state index contributed by atoms with van der Waals surface area (Å²) < 4.78 is 19.2. The number of carboxylic acid groups (broad SMARTS) is 1. The van der Waals surface area contributed by atoms with E-state index in [1.165, 1.54) is 36.6 Å². The maximum atomic E-state index is 14.0. The molecule has 0 bridgehead atoms. The molecule has 1 aromatic heterocycles. The Morgan fingerprint density at radius 1 is 1.20 bits per heavy atom. The monoisotopic (exact) mass is 673 g/mol. The largest absolute Gasteiger partial charge is 0.480 e. The molecule has 12 nitrogen and oxygen atoms in total. The van der Waals surface area contributed by atoms with Crippen LogP contribution >= 0.6 is 22.9 Å². The topological polar surface area (TPSA) is 131 Å². The second-order valence-electron chi connectivity index (χ2n) is 12.5. The highest BCUT2D eigenvalue weighted by Crippen LogP contribution is 2.37. The summed E-state index contributed by atoms with van der Waals surface area (Å²) in [6, 6.07) is 2.21. The molecule has 2 amide bonds. The smallest absolute Gasteiger partial charge is 0.338 e. The van der Waals surface area contributed by atoms with Crippen LogP contribution in [0.15, 0.2) is 46.0 Å². The van der Waals surface area contributed by atoms with Crippen molar-refractivity contribution in [3.63, 3.8) is 0 Å². The summed E-state index contributed by atoms with van der Waals surface area (Å²) in [6.45, 7) is 7.76. The fourth-order valence-corrected chi connectivity index (χ4v) is 7.83. The number of amides is 2. The van der Waals surface area contributed by atoms with Gasteiger partial charge in [0.1, 0.15) is 17.9 Å². The van der Waals surface area contributed by atoms with E-state index >= 15 is 0 Å². The number of piperazine rings is 1. The maximum absolute atomic E-state index is 14.0. The number of benzene rings is 1. The van der Waals surface area contributed by atoms with Crippen LogP contribution in [0.5, 0.6) is 0 Å². The fraction of sp³-hybridized carbons (Fsp3) is 0.516. The Labute approximate surface area is 275 Å². The van der Waals surface area contributed by atoms with Crippen LogP contribution in [0.3, 0.4) is 0 Å². The van der Waals surface area contributed by atoms with Crippen molar-refractivity contribution < 1.29 is 28.6 Å². The Balaban J connectivity index is 1.24. The number of halogens is 2. The van der Waals surface area contributed by atoms with Crippen molar-refractivity contribution in [1.82, 2.24) is 29.9 Å². The molecule has 46 heavy (non-hydrogen) atoms. The number of carbonyl (C=O) groups is 3. The molecule has 3 saturated heterocycles. The van der Waals surface area contributed by atoms with Crippen LogP contribution in [-0.2, 0) is 14.3 Å². The number of ether oxygens (including phenoxy) is 1. The van der Waals surface area contributed by atoms with E-state index in [-0.39, 0.29) is 28.7 Å². The van der Waals surface area contributed by atoms with Crippen LogP contribution in [0.25, 0.3) is 0 Å². The van der Waals surface area contributed by atoms with Gasteiger partial charge in [-0.05, 0) is 24.5 Å². The van der Waals surface area contributed by atoms with Crippen molar-refractivity contribution in [3.8, 4) is 0 Å². The molecule has 0 radical (unpaired) electrons. The molecule has 4 aliphatic heterocycles. The first-order valence-electron chi connectivity index (χ1n) is 15.3. The van der Waals surface area contributed by atoms with Gasteiger partial charge in [-0.25, -0.2) is 19.0 Å². The lowest BCUT2D eigenvalue weighted by atomic mass is 9.95. The molecule has 2 aromatic rings. The summed E-state index contributed by atoms with van der Waals surface area (Å²) in [5.74, 6) is -1.17. The van der Waals surface area contributed by atoms with E-state index in [9.17, 15) is 23.9 Å². The predicted octanol–water partition coefficient (Wildman–Crippen LogP) is 3.06. The van der Waals surface area contributed by atoms with Crippen molar-refractivity contribution in [2.45, 2.75) is 44.4 Å². The van der Waals surface area contributed by atoms with Gasteiger partial charge in [-0.15, -0.1) is 11.3 Å². The number of hydrogen-bond donors (Lipinski definition) is 2. The number of aliphatic imine (C=N–C) groups is 1. The van der Waals surface area contributed by atoms with Crippen molar-refractivity contribution in [1.29, 1.82) is 0 Å². The Kier molecular flexibility index (Phi) is 9.33. The first kappa shape index (κ1) is 32.4. The highest BCUT2D eigenvalue weighted by Gasteiger charge is 2.48. The number of thiazole rings is 1. The zero-order valence-corrected chi connectivity index (χ0v) is 27.4. The highest BCUT2D eigenvalue weighted by molar-refractivity contribution is 7.11. The molecule has 246 valence electrons. The number of nitrogens with zero attached hydrogens (tertiary/aromatic N) is 6. The van der Waals surface area contributed by atoms with Gasteiger partial charge in [-0.2, -0.15) is 0 Å². The van der Waals surface area contributed by atoms with E-state index in [2.05, 4.69) is 29.0 Å². The van der Waals surface area contributed by atoms with Crippen LogP contribution in [-0.4, -0.2) is 125 Å². The standard InChI is InChI=1S/C31H37ClFN7O5S/c1-17(2)12-38-14-19(11-24(38)29(41)42)40-15-20-13-37(7-8-39(20)31(40)44)16-23-25(30(43)45-3)26(21-5-4-18(33)10-22(21)32)36-27(35-23)28-34-6-9-46-28/h4-6,9-10,17,19-20,24,26H,7-8,11-16H2,1-3H3,(H,35,36)(H,41,42)/t19?,20-,24+,26-/m0/s1. The zero-order valence-electron chi connectivity index (χ0n) is 25.9. The number of urea groups is 1. The quantitative estimate of drug-likeness (QED) is 0.386. The van der Waals surface area contributed by atoms with E-state index < -0.39 is 29.8 Å². The number of fused-ring (bicyclic) bond motifs is 1. The first-order chi connectivity index (χ1) is 22.0. The molecule has 1 unspecified atom stereocenters. The zero-order chi connectivity index (χ0) is 32.7. The van der Waals surface area contributed by atoms with Gasteiger partial charge in [0.05, 0.1) is 18.7 Å². The van der Waals surface area contributed by atoms with Gasteiger partial charge in [-0.1, -0.05) is 31.5 Å². The summed E-state index contributed by atoms with van der Waals surface area (Å²) >= 11 is 7.87. The fourth-order valence-electron chi connectivity index (χ4n) is 6.97. The number of likely N-dealkylation sites (tertiary alicyclic amines) is 1. The van der Waals surface area contributed by atoms with E-state index in [0.29, 0.717) is 80.3 Å². The number of aliphatic carboxylic acids is 1. The highest BCUT2D eigenvalue weighted by atomic mass is 35.5. The van der Waals surface area contributed by atoms with Gasteiger partial charge in [0.15, 0.2) is 10.8 Å². The Hall–Kier alpha value is -3.59. The summed E-state index contributed by atoms with van der Waals surface area (Å²) in [7, 11) is 1.30. The van der Waals surface area contributed by atoms with E-state index in [4.69, 9.17) is 21.3 Å². The summed E-state index contributed by atoms with van der Waals surface area (Å²) in [6.07, 6.45) is 2.07. The summed E-state index contributed by atoms with van der Waals surface area (Å²) in [5.41, 5.74) is 1.29. The Morgan fingerprint density at radius 3 is 2.67 bits per heavy atom. The average molecular weight is 674 g/mol. The first-order valence-corrected chi connectivity index (χ1v) is 16.6. The lowest BCUT2D eigenvalue weighted by Gasteiger charge is -2.38. The Morgan fingerprint density at radius 2 is 2.00 bits per heavy atom. The molecule has 15 heteroatoms. The third-order valence-electron chi connectivity index (χ3n) is 8.98. The van der Waals surface area contributed by atoms with E-state index in [1.807, 2.05) is 20.1 Å². The molecule has 5 heterocycles. The van der Waals surface area contributed by atoms with Crippen molar-refractivity contribution >= 4 is 46.7 Å². The van der Waals surface area contributed by atoms with Crippen LogP contribution < -0.4 is 5.32 Å². The van der Waals surface area contributed by atoms with Crippen LogP contribution in [0.2, 0.25) is 5.02 Å². The SMILES string of the molecule is COC(=O)C1=C(CN2CCN3C(=O)N(C4C[C@H](C(=O)O)N(CC(C)C)C4)C[C@@H]3C2)NC(c2nccs2)=N[C@H]1c1ccc(F)cc1Cl. The number of methoxy groups -OCH3 is 1. The molecule has 4 aliphatic rings. The molecule has 2 N–H and O–H groups in total. The predicted molar refractivity (Wildman–Crippen MR) is 170 cm³/mol. The molecule has 0 spiro atoms. The number of carbonyl (C=O) groups excluding carboxylic acids is 2. The van der Waals surface area contributed by atoms with Crippen molar-refractivity contribution in [2.75, 3.05) is 52.9 Å². The molecule has 0 aliphatic carbocycles. The lowest BCUT2D eigenvalue weighted by molar-refractivity contribution is -0.142. The minimum atomic E-state index is -0.862. The number of nitrogens with one attached hydrogen (secondary N) is 1. The number of amidine groups is 1. The van der Waals surface area contributed by atoms with Gasteiger partial charge >= 0.3 is 18.0 Å². The van der Waals surface area contributed by atoms with Crippen molar-refractivity contribution in [2.24, 2.45) is 10.9 Å². The van der Waals surface area contributed by atoms with E-state index in [0.717, 1.165) is 0 Å². The van der Waals surface area contributed by atoms with Gasteiger partial charge < -0.3 is 25.0 Å². The van der Waals surface area contributed by atoms with Crippen LogP contribution in [0.1, 0.15) is 36.9 Å². The molecular formula is C31H37ClFN7O5S.